The van der Waals surface area contributed by atoms with Crippen molar-refractivity contribution in [2.24, 2.45) is 0 Å². The Balaban J connectivity index is 1.85. The molecular weight excluding hydrogens is 274 g/mol. The Hall–Kier alpha value is -1.79. The number of anilines is 1. The highest BCUT2D eigenvalue weighted by atomic mass is 16.6. The van der Waals surface area contributed by atoms with Gasteiger partial charge in [-0.2, -0.15) is 0 Å². The molecule has 2 heterocycles. The zero-order valence-electron chi connectivity index (χ0n) is 11.8. The fourth-order valence-corrected chi connectivity index (χ4v) is 3.18. The summed E-state index contributed by atoms with van der Waals surface area (Å²) in [6, 6.07) is 5.53. The third-order valence-electron chi connectivity index (χ3n) is 4.15. The van der Waals surface area contributed by atoms with Gasteiger partial charge in [-0.25, -0.2) is 0 Å². The lowest BCUT2D eigenvalue weighted by atomic mass is 9.84. The van der Waals surface area contributed by atoms with Crippen LogP contribution in [0.1, 0.15) is 24.3 Å². The van der Waals surface area contributed by atoms with Gasteiger partial charge < -0.3 is 25.1 Å². The molecule has 0 spiro atoms. The zero-order chi connectivity index (χ0) is 15.0. The fourth-order valence-electron chi connectivity index (χ4n) is 3.18. The average Bonchev–Trinajstić information content (AvgIpc) is 2.84. The van der Waals surface area contributed by atoms with Crippen molar-refractivity contribution < 1.29 is 24.1 Å². The lowest BCUT2D eigenvalue weighted by molar-refractivity contribution is -0.156. The van der Waals surface area contributed by atoms with E-state index in [0.29, 0.717) is 12.1 Å². The third-order valence-corrected chi connectivity index (χ3v) is 4.15. The number of carbonyl (C=O) groups is 1. The van der Waals surface area contributed by atoms with Gasteiger partial charge in [-0.1, -0.05) is 0 Å². The van der Waals surface area contributed by atoms with E-state index in [2.05, 4.69) is 4.74 Å². The molecule has 0 aliphatic carbocycles. The van der Waals surface area contributed by atoms with E-state index in [4.69, 9.17) is 15.2 Å². The Bertz CT molecular complexity index is 547. The van der Waals surface area contributed by atoms with Crippen molar-refractivity contribution in [3.63, 3.8) is 0 Å². The molecule has 6 heteroatoms. The number of hydrogen-bond acceptors (Lipinski definition) is 6. The number of ether oxygens (including phenoxy) is 3. The quantitative estimate of drug-likeness (QED) is 0.633. The van der Waals surface area contributed by atoms with Crippen LogP contribution in [-0.2, 0) is 14.3 Å². The van der Waals surface area contributed by atoms with Crippen LogP contribution in [0.5, 0.6) is 5.75 Å². The van der Waals surface area contributed by atoms with E-state index < -0.39 is 6.10 Å². The second kappa shape index (κ2) is 5.54. The van der Waals surface area contributed by atoms with Crippen LogP contribution in [0.15, 0.2) is 18.2 Å². The second-order valence-electron chi connectivity index (χ2n) is 5.48. The first-order valence-corrected chi connectivity index (χ1v) is 7.01. The van der Waals surface area contributed by atoms with E-state index in [9.17, 15) is 9.90 Å². The number of carbonyl (C=O) groups excluding carboxylic acids is 1. The molecule has 6 nitrogen and oxygen atoms in total. The number of aliphatic hydroxyl groups excluding tert-OH is 1. The summed E-state index contributed by atoms with van der Waals surface area (Å²) in [5.41, 5.74) is 7.55. The SMILES string of the molecule is COC(=O)C[C@H]1C[C@H]2c3cc(N)ccc3O[C@H]2[C@@H](CO)O1. The second-order valence-corrected chi connectivity index (χ2v) is 5.48. The van der Waals surface area contributed by atoms with Gasteiger partial charge in [-0.05, 0) is 24.6 Å². The third kappa shape index (κ3) is 2.56. The first-order valence-electron chi connectivity index (χ1n) is 7.01. The lowest BCUT2D eigenvalue weighted by Crippen LogP contribution is -2.46. The monoisotopic (exact) mass is 293 g/mol. The molecular formula is C15H19NO5. The number of esters is 1. The standard InChI is InChI=1S/C15H19NO5/c1-19-14(18)6-9-5-11-10-4-8(16)2-3-12(10)21-15(11)13(7-17)20-9/h2-4,9,11,13,15,17H,5-7,16H2,1H3/t9-,11+,13-,15-/m1/s1. The van der Waals surface area contributed by atoms with Crippen LogP contribution in [0.25, 0.3) is 0 Å². The van der Waals surface area contributed by atoms with Gasteiger partial charge in [0.05, 0.1) is 26.2 Å². The fraction of sp³-hybridized carbons (Fsp3) is 0.533. The predicted octanol–water partition coefficient (Wildman–Crippen LogP) is 0.826. The Labute approximate surface area is 122 Å². The molecule has 114 valence electrons. The van der Waals surface area contributed by atoms with Crippen LogP contribution in [0.4, 0.5) is 5.69 Å². The maximum absolute atomic E-state index is 11.5. The number of aliphatic hydroxyl groups is 1. The summed E-state index contributed by atoms with van der Waals surface area (Å²) in [5.74, 6) is 0.533. The van der Waals surface area contributed by atoms with Crippen LogP contribution in [0, 0.1) is 0 Å². The van der Waals surface area contributed by atoms with Gasteiger partial charge >= 0.3 is 5.97 Å². The van der Waals surface area contributed by atoms with Crippen molar-refractivity contribution in [2.75, 3.05) is 19.5 Å². The first kappa shape index (κ1) is 14.2. The number of benzene rings is 1. The number of rotatable bonds is 3. The van der Waals surface area contributed by atoms with E-state index in [0.717, 1.165) is 11.3 Å². The summed E-state index contributed by atoms with van der Waals surface area (Å²) in [4.78, 5) is 11.5. The molecule has 4 atom stereocenters. The summed E-state index contributed by atoms with van der Waals surface area (Å²) in [6.45, 7) is -0.150. The molecule has 3 rings (SSSR count). The largest absolute Gasteiger partial charge is 0.487 e. The maximum Gasteiger partial charge on any atom is 0.308 e. The number of methoxy groups -OCH3 is 1. The van der Waals surface area contributed by atoms with Gasteiger partial charge in [0.2, 0.25) is 0 Å². The molecule has 0 amide bonds. The van der Waals surface area contributed by atoms with Crippen LogP contribution in [-0.4, -0.2) is 43.1 Å². The smallest absolute Gasteiger partial charge is 0.308 e. The van der Waals surface area contributed by atoms with Crippen molar-refractivity contribution in [3.8, 4) is 5.75 Å². The minimum absolute atomic E-state index is 0.0732. The summed E-state index contributed by atoms with van der Waals surface area (Å²) in [5, 5.41) is 9.53. The summed E-state index contributed by atoms with van der Waals surface area (Å²) < 4.78 is 16.4. The van der Waals surface area contributed by atoms with Crippen LogP contribution in [0.3, 0.4) is 0 Å². The van der Waals surface area contributed by atoms with Gasteiger partial charge in [-0.15, -0.1) is 0 Å². The van der Waals surface area contributed by atoms with Crippen molar-refractivity contribution >= 4 is 11.7 Å². The Morgan fingerprint density at radius 1 is 1.52 bits per heavy atom. The molecule has 1 aromatic rings. The van der Waals surface area contributed by atoms with Gasteiger partial charge in [0, 0.05) is 17.2 Å². The van der Waals surface area contributed by atoms with E-state index in [-0.39, 0.29) is 37.1 Å². The number of nitrogens with two attached hydrogens (primary N) is 1. The highest BCUT2D eigenvalue weighted by Crippen LogP contribution is 2.46. The van der Waals surface area contributed by atoms with E-state index in [1.165, 1.54) is 7.11 Å². The van der Waals surface area contributed by atoms with Crippen LogP contribution < -0.4 is 10.5 Å². The number of nitrogen functional groups attached to an aromatic ring is 1. The maximum atomic E-state index is 11.5. The molecule has 2 aliphatic heterocycles. The Morgan fingerprint density at radius 3 is 3.05 bits per heavy atom. The molecule has 0 aromatic heterocycles. The zero-order valence-corrected chi connectivity index (χ0v) is 11.8. The minimum atomic E-state index is -0.452. The number of hydrogen-bond donors (Lipinski definition) is 2. The molecule has 1 saturated heterocycles. The topological polar surface area (TPSA) is 91.0 Å². The molecule has 0 saturated carbocycles. The molecule has 21 heavy (non-hydrogen) atoms. The van der Waals surface area contributed by atoms with Gasteiger partial charge in [0.25, 0.3) is 0 Å². The predicted molar refractivity (Wildman–Crippen MR) is 75.0 cm³/mol. The van der Waals surface area contributed by atoms with E-state index in [1.807, 2.05) is 12.1 Å². The highest BCUT2D eigenvalue weighted by molar-refractivity contribution is 5.69. The van der Waals surface area contributed by atoms with Crippen LogP contribution in [0.2, 0.25) is 0 Å². The van der Waals surface area contributed by atoms with Crippen molar-refractivity contribution in [2.45, 2.75) is 37.1 Å². The molecule has 1 aromatic carbocycles. The normalized spacial score (nSPS) is 30.2. The molecule has 0 radical (unpaired) electrons. The summed E-state index contributed by atoms with van der Waals surface area (Å²) >= 11 is 0. The van der Waals surface area contributed by atoms with Crippen molar-refractivity contribution in [3.05, 3.63) is 23.8 Å². The highest BCUT2D eigenvalue weighted by Gasteiger charge is 2.46. The molecule has 2 aliphatic rings. The Kier molecular flexibility index (Phi) is 3.73. The average molecular weight is 293 g/mol. The van der Waals surface area contributed by atoms with Crippen LogP contribution >= 0.6 is 0 Å². The summed E-state index contributed by atoms with van der Waals surface area (Å²) in [7, 11) is 1.35. The minimum Gasteiger partial charge on any atom is -0.487 e. The molecule has 1 fully saturated rings. The number of fused-ring (bicyclic) bond motifs is 3. The van der Waals surface area contributed by atoms with Gasteiger partial charge in [-0.3, -0.25) is 4.79 Å². The lowest BCUT2D eigenvalue weighted by Gasteiger charge is -2.36. The van der Waals surface area contributed by atoms with Gasteiger partial charge in [0.15, 0.2) is 0 Å². The Morgan fingerprint density at radius 2 is 2.33 bits per heavy atom. The molecule has 3 N–H and O–H groups in total. The van der Waals surface area contributed by atoms with Crippen molar-refractivity contribution in [1.29, 1.82) is 0 Å². The first-order chi connectivity index (χ1) is 10.1. The molecule has 0 unspecified atom stereocenters. The summed E-state index contributed by atoms with van der Waals surface area (Å²) in [6.07, 6.45) is -0.153. The van der Waals surface area contributed by atoms with Crippen molar-refractivity contribution in [1.82, 2.24) is 0 Å². The molecule has 0 bridgehead atoms. The van der Waals surface area contributed by atoms with E-state index in [1.54, 1.807) is 6.07 Å². The van der Waals surface area contributed by atoms with Gasteiger partial charge in [0.1, 0.15) is 18.0 Å². The van der Waals surface area contributed by atoms with E-state index >= 15 is 0 Å².